The molecule has 1 aliphatic rings. The lowest BCUT2D eigenvalue weighted by Crippen LogP contribution is -2.28. The van der Waals surface area contributed by atoms with Crippen LogP contribution in [0.5, 0.6) is 0 Å². The zero-order chi connectivity index (χ0) is 15.1. The molecule has 1 aliphatic carbocycles. The maximum Gasteiger partial charge on any atom is 0.155 e. The molecule has 1 saturated carbocycles. The number of hydrogen-bond donors (Lipinski definition) is 0. The Labute approximate surface area is 129 Å². The van der Waals surface area contributed by atoms with E-state index in [0.29, 0.717) is 12.7 Å². The van der Waals surface area contributed by atoms with Crippen LogP contribution in [-0.4, -0.2) is 12.4 Å². The topological polar surface area (TPSA) is 18.5 Å². The second kappa shape index (κ2) is 8.55. The Morgan fingerprint density at radius 1 is 1.05 bits per heavy atom. The van der Waals surface area contributed by atoms with Gasteiger partial charge in [-0.05, 0) is 50.0 Å². The number of hydrogen-bond acceptors (Lipinski definition) is 2. The van der Waals surface area contributed by atoms with E-state index in [0.717, 1.165) is 11.8 Å². The summed E-state index contributed by atoms with van der Waals surface area (Å²) in [5.74, 6) is 1.76. The summed E-state index contributed by atoms with van der Waals surface area (Å²) >= 11 is 0. The van der Waals surface area contributed by atoms with E-state index in [1.165, 1.54) is 37.7 Å². The largest absolute Gasteiger partial charge is 0.350 e. The van der Waals surface area contributed by atoms with Gasteiger partial charge in [-0.1, -0.05) is 50.6 Å². The molecule has 21 heavy (non-hydrogen) atoms. The third-order valence-electron chi connectivity index (χ3n) is 4.88. The van der Waals surface area contributed by atoms with Crippen molar-refractivity contribution in [2.24, 2.45) is 11.8 Å². The van der Waals surface area contributed by atoms with E-state index in [1.54, 1.807) is 0 Å². The van der Waals surface area contributed by atoms with Crippen LogP contribution in [0.3, 0.4) is 0 Å². The van der Waals surface area contributed by atoms with Crippen molar-refractivity contribution in [1.29, 1.82) is 0 Å². The molecule has 0 spiro atoms. The lowest BCUT2D eigenvalue weighted by atomic mass is 9.79. The van der Waals surface area contributed by atoms with Crippen LogP contribution < -0.4 is 0 Å². The summed E-state index contributed by atoms with van der Waals surface area (Å²) in [6.45, 7) is 7.33. The van der Waals surface area contributed by atoms with Gasteiger partial charge >= 0.3 is 0 Å². The molecule has 0 N–H and O–H groups in total. The number of benzene rings is 1. The van der Waals surface area contributed by atoms with Crippen molar-refractivity contribution in [2.45, 2.75) is 71.9 Å². The molecule has 1 fully saturated rings. The Bertz CT molecular complexity index is 382. The Balaban J connectivity index is 1.66. The van der Waals surface area contributed by atoms with Gasteiger partial charge in [0.15, 0.2) is 6.29 Å². The van der Waals surface area contributed by atoms with Gasteiger partial charge in [-0.15, -0.1) is 0 Å². The molecule has 1 aromatic rings. The Morgan fingerprint density at radius 3 is 2.33 bits per heavy atom. The Kier molecular flexibility index (Phi) is 6.72. The van der Waals surface area contributed by atoms with Gasteiger partial charge in [0.2, 0.25) is 0 Å². The maximum absolute atomic E-state index is 6.05. The first-order chi connectivity index (χ1) is 10.2. The van der Waals surface area contributed by atoms with Gasteiger partial charge in [0.1, 0.15) is 0 Å². The minimum absolute atomic E-state index is 0.115. The first-order valence-electron chi connectivity index (χ1n) is 8.50. The fourth-order valence-electron chi connectivity index (χ4n) is 3.23. The highest BCUT2D eigenvalue weighted by atomic mass is 16.7. The number of ether oxygens (including phenoxy) is 2. The minimum Gasteiger partial charge on any atom is -0.350 e. The van der Waals surface area contributed by atoms with E-state index < -0.39 is 0 Å². The number of rotatable bonds is 7. The van der Waals surface area contributed by atoms with Crippen LogP contribution in [0.1, 0.15) is 58.4 Å². The zero-order valence-electron chi connectivity index (χ0n) is 13.8. The van der Waals surface area contributed by atoms with Crippen LogP contribution in [0.25, 0.3) is 0 Å². The molecule has 0 bridgehead atoms. The predicted octanol–water partition coefficient (Wildman–Crippen LogP) is 5.17. The summed E-state index contributed by atoms with van der Waals surface area (Å²) < 4.78 is 11.9. The van der Waals surface area contributed by atoms with Gasteiger partial charge in [-0.2, -0.15) is 0 Å². The van der Waals surface area contributed by atoms with Crippen LogP contribution in [0.4, 0.5) is 0 Å². The third-order valence-corrected chi connectivity index (χ3v) is 4.88. The van der Waals surface area contributed by atoms with E-state index in [-0.39, 0.29) is 6.29 Å². The second-order valence-corrected chi connectivity index (χ2v) is 6.42. The summed E-state index contributed by atoms with van der Waals surface area (Å²) in [5, 5.41) is 0. The molecule has 1 aromatic carbocycles. The highest BCUT2D eigenvalue weighted by Gasteiger charge is 2.25. The molecule has 2 nitrogen and oxygen atoms in total. The standard InChI is InChI=1S/C19H30O2/c1-4-15(2)18-10-12-19(13-11-18)21-16(3)20-14-17-8-6-5-7-9-17/h5-9,15-16,18-19H,4,10-14H2,1-3H3. The average molecular weight is 290 g/mol. The fourth-order valence-corrected chi connectivity index (χ4v) is 3.23. The molecule has 2 heteroatoms. The van der Waals surface area contributed by atoms with E-state index >= 15 is 0 Å². The van der Waals surface area contributed by atoms with Gasteiger partial charge in [-0.3, -0.25) is 0 Å². The Hall–Kier alpha value is -0.860. The summed E-state index contributed by atoms with van der Waals surface area (Å²) in [7, 11) is 0. The molecule has 0 aromatic heterocycles. The van der Waals surface area contributed by atoms with E-state index in [1.807, 2.05) is 25.1 Å². The molecule has 0 saturated heterocycles. The second-order valence-electron chi connectivity index (χ2n) is 6.42. The van der Waals surface area contributed by atoms with Crippen LogP contribution >= 0.6 is 0 Å². The van der Waals surface area contributed by atoms with Gasteiger partial charge in [0, 0.05) is 0 Å². The zero-order valence-corrected chi connectivity index (χ0v) is 13.8. The fraction of sp³-hybridized carbons (Fsp3) is 0.684. The summed E-state index contributed by atoms with van der Waals surface area (Å²) in [4.78, 5) is 0. The van der Waals surface area contributed by atoms with Gasteiger partial charge < -0.3 is 9.47 Å². The predicted molar refractivity (Wildman–Crippen MR) is 87.0 cm³/mol. The van der Waals surface area contributed by atoms with Crippen LogP contribution in [0, 0.1) is 11.8 Å². The van der Waals surface area contributed by atoms with Crippen molar-refractivity contribution >= 4 is 0 Å². The van der Waals surface area contributed by atoms with Gasteiger partial charge in [-0.25, -0.2) is 0 Å². The lowest BCUT2D eigenvalue weighted by molar-refractivity contribution is -0.174. The van der Waals surface area contributed by atoms with E-state index in [2.05, 4.69) is 26.0 Å². The minimum atomic E-state index is -0.115. The molecular formula is C19H30O2. The van der Waals surface area contributed by atoms with Gasteiger partial charge in [0.05, 0.1) is 12.7 Å². The smallest absolute Gasteiger partial charge is 0.155 e. The SMILES string of the molecule is CCC(C)C1CCC(OC(C)OCc2ccccc2)CC1. The molecule has 2 atom stereocenters. The van der Waals surface area contributed by atoms with Crippen molar-refractivity contribution in [1.82, 2.24) is 0 Å². The Morgan fingerprint density at radius 2 is 1.71 bits per heavy atom. The lowest BCUT2D eigenvalue weighted by Gasteiger charge is -2.33. The van der Waals surface area contributed by atoms with Crippen molar-refractivity contribution < 1.29 is 9.47 Å². The molecule has 2 unspecified atom stereocenters. The molecule has 0 amide bonds. The van der Waals surface area contributed by atoms with Gasteiger partial charge in [0.25, 0.3) is 0 Å². The van der Waals surface area contributed by atoms with E-state index in [9.17, 15) is 0 Å². The maximum atomic E-state index is 6.05. The van der Waals surface area contributed by atoms with Crippen molar-refractivity contribution in [3.63, 3.8) is 0 Å². The van der Waals surface area contributed by atoms with Crippen molar-refractivity contribution in [3.05, 3.63) is 35.9 Å². The molecule has 0 aliphatic heterocycles. The van der Waals surface area contributed by atoms with Crippen molar-refractivity contribution in [2.75, 3.05) is 0 Å². The normalized spacial score (nSPS) is 25.5. The van der Waals surface area contributed by atoms with Crippen LogP contribution in [0.15, 0.2) is 30.3 Å². The monoisotopic (exact) mass is 290 g/mol. The third kappa shape index (κ3) is 5.44. The van der Waals surface area contributed by atoms with Crippen LogP contribution in [-0.2, 0) is 16.1 Å². The summed E-state index contributed by atoms with van der Waals surface area (Å²) in [6.07, 6.45) is 6.57. The highest BCUT2D eigenvalue weighted by molar-refractivity contribution is 5.13. The van der Waals surface area contributed by atoms with Crippen molar-refractivity contribution in [3.8, 4) is 0 Å². The quantitative estimate of drug-likeness (QED) is 0.645. The molecule has 0 radical (unpaired) electrons. The molecular weight excluding hydrogens is 260 g/mol. The van der Waals surface area contributed by atoms with E-state index in [4.69, 9.17) is 9.47 Å². The first-order valence-corrected chi connectivity index (χ1v) is 8.50. The average Bonchev–Trinajstić information content (AvgIpc) is 2.54. The molecule has 2 rings (SSSR count). The molecule has 118 valence electrons. The molecule has 0 heterocycles. The first kappa shape index (κ1) is 16.5. The summed E-state index contributed by atoms with van der Waals surface area (Å²) in [5.41, 5.74) is 1.20. The highest BCUT2D eigenvalue weighted by Crippen LogP contribution is 2.33. The summed E-state index contributed by atoms with van der Waals surface area (Å²) in [6, 6.07) is 10.3. The van der Waals surface area contributed by atoms with Crippen LogP contribution in [0.2, 0.25) is 0 Å².